The maximum atomic E-state index is 4.05. The van der Waals surface area contributed by atoms with Gasteiger partial charge in [-0.15, -0.1) is 10.2 Å². The second kappa shape index (κ2) is 4.63. The lowest BCUT2D eigenvalue weighted by Crippen LogP contribution is -2.13. The second-order valence-electron chi connectivity index (χ2n) is 4.39. The molecule has 1 aromatic carbocycles. The summed E-state index contributed by atoms with van der Waals surface area (Å²) in [5.41, 5.74) is 2.81. The van der Waals surface area contributed by atoms with Gasteiger partial charge in [0, 0.05) is 13.0 Å². The number of fused-ring (bicyclic) bond motifs is 1. The molecule has 0 saturated carbocycles. The highest BCUT2D eigenvalue weighted by Crippen LogP contribution is 2.27. The summed E-state index contributed by atoms with van der Waals surface area (Å²) >= 11 is 0. The quantitative estimate of drug-likeness (QED) is 0.807. The van der Waals surface area contributed by atoms with Crippen molar-refractivity contribution in [1.29, 1.82) is 0 Å². The van der Waals surface area contributed by atoms with Gasteiger partial charge in [0.15, 0.2) is 5.82 Å². The molecule has 2 aromatic rings. The van der Waals surface area contributed by atoms with E-state index in [2.05, 4.69) is 50.2 Å². The Morgan fingerprint density at radius 2 is 2.24 bits per heavy atom. The van der Waals surface area contributed by atoms with Crippen LogP contribution >= 0.6 is 0 Å². The molecule has 1 atom stereocenters. The monoisotopic (exact) mass is 229 g/mol. The Balaban J connectivity index is 1.89. The molecule has 3 rings (SSSR count). The predicted octanol–water partition coefficient (Wildman–Crippen LogP) is 1.02. The molecule has 1 aromatic heterocycles. The van der Waals surface area contributed by atoms with Crippen molar-refractivity contribution in [3.05, 3.63) is 41.2 Å². The maximum Gasteiger partial charge on any atom is 0.175 e. The van der Waals surface area contributed by atoms with Gasteiger partial charge < -0.3 is 5.32 Å². The SMILES string of the molecule is c1ccc2c(c1)CNCCC2Cc1nn[nH]n1. The first-order valence-electron chi connectivity index (χ1n) is 5.94. The molecule has 0 aliphatic carbocycles. The molecule has 0 amide bonds. The molecule has 1 unspecified atom stereocenters. The van der Waals surface area contributed by atoms with Crippen LogP contribution in [-0.4, -0.2) is 27.2 Å². The summed E-state index contributed by atoms with van der Waals surface area (Å²) in [5, 5.41) is 17.7. The van der Waals surface area contributed by atoms with E-state index in [1.807, 2.05) is 0 Å². The van der Waals surface area contributed by atoms with Crippen LogP contribution in [-0.2, 0) is 13.0 Å². The summed E-state index contributed by atoms with van der Waals surface area (Å²) in [7, 11) is 0. The second-order valence-corrected chi connectivity index (χ2v) is 4.39. The van der Waals surface area contributed by atoms with Crippen LogP contribution in [0.5, 0.6) is 0 Å². The van der Waals surface area contributed by atoms with Gasteiger partial charge in [0.25, 0.3) is 0 Å². The zero-order chi connectivity index (χ0) is 11.5. The van der Waals surface area contributed by atoms with Gasteiger partial charge in [-0.3, -0.25) is 0 Å². The van der Waals surface area contributed by atoms with Gasteiger partial charge in [-0.25, -0.2) is 0 Å². The standard InChI is InChI=1S/C12H15N5/c1-2-4-11-9(7-12-14-16-17-15-12)5-6-13-8-10(11)3-1/h1-4,9,13H,5-8H2,(H,14,15,16,17). The van der Waals surface area contributed by atoms with Crippen LogP contribution in [0.3, 0.4) is 0 Å². The van der Waals surface area contributed by atoms with E-state index in [1.54, 1.807) is 0 Å². The largest absolute Gasteiger partial charge is 0.313 e. The zero-order valence-electron chi connectivity index (χ0n) is 9.56. The minimum Gasteiger partial charge on any atom is -0.313 e. The van der Waals surface area contributed by atoms with Crippen molar-refractivity contribution in [2.24, 2.45) is 0 Å². The summed E-state index contributed by atoms with van der Waals surface area (Å²) in [5.74, 6) is 1.28. The first-order chi connectivity index (χ1) is 8.43. The average Bonchev–Trinajstić information content (AvgIpc) is 2.78. The summed E-state index contributed by atoms with van der Waals surface area (Å²) in [6.07, 6.45) is 1.97. The van der Waals surface area contributed by atoms with Crippen LogP contribution < -0.4 is 5.32 Å². The summed E-state index contributed by atoms with van der Waals surface area (Å²) in [6.45, 7) is 2.00. The molecule has 5 nitrogen and oxygen atoms in total. The zero-order valence-corrected chi connectivity index (χ0v) is 9.56. The third-order valence-corrected chi connectivity index (χ3v) is 3.30. The molecule has 88 valence electrons. The molecule has 2 heterocycles. The molecule has 1 aliphatic rings. The lowest BCUT2D eigenvalue weighted by Gasteiger charge is -2.14. The molecule has 17 heavy (non-hydrogen) atoms. The van der Waals surface area contributed by atoms with Crippen molar-refractivity contribution >= 4 is 0 Å². The third kappa shape index (κ3) is 2.19. The average molecular weight is 229 g/mol. The summed E-state index contributed by atoms with van der Waals surface area (Å²) < 4.78 is 0. The highest BCUT2D eigenvalue weighted by molar-refractivity contribution is 5.31. The third-order valence-electron chi connectivity index (χ3n) is 3.30. The van der Waals surface area contributed by atoms with Gasteiger partial charge in [-0.2, -0.15) is 5.21 Å². The van der Waals surface area contributed by atoms with Crippen molar-refractivity contribution in [1.82, 2.24) is 25.9 Å². The molecule has 2 N–H and O–H groups in total. The minimum atomic E-state index is 0.485. The van der Waals surface area contributed by atoms with Gasteiger partial charge in [0.05, 0.1) is 0 Å². The number of nitrogens with zero attached hydrogens (tertiary/aromatic N) is 3. The fraction of sp³-hybridized carbons (Fsp3) is 0.417. The Hall–Kier alpha value is -1.75. The van der Waals surface area contributed by atoms with Crippen LogP contribution in [0.4, 0.5) is 0 Å². The number of aromatic nitrogens is 4. The summed E-state index contributed by atoms with van der Waals surface area (Å²) in [4.78, 5) is 0. The Labute approximate surface area is 99.6 Å². The van der Waals surface area contributed by atoms with E-state index in [0.29, 0.717) is 5.92 Å². The summed E-state index contributed by atoms with van der Waals surface area (Å²) in [6, 6.07) is 8.61. The van der Waals surface area contributed by atoms with E-state index in [4.69, 9.17) is 0 Å². The highest BCUT2D eigenvalue weighted by Gasteiger charge is 2.19. The van der Waals surface area contributed by atoms with E-state index in [9.17, 15) is 0 Å². The smallest absolute Gasteiger partial charge is 0.175 e. The molecule has 0 spiro atoms. The first-order valence-corrected chi connectivity index (χ1v) is 5.94. The number of rotatable bonds is 2. The van der Waals surface area contributed by atoms with Crippen molar-refractivity contribution in [2.75, 3.05) is 6.54 Å². The van der Waals surface area contributed by atoms with E-state index in [-0.39, 0.29) is 0 Å². The molecule has 0 bridgehead atoms. The Morgan fingerprint density at radius 3 is 3.12 bits per heavy atom. The number of nitrogens with one attached hydrogen (secondary N) is 2. The van der Waals surface area contributed by atoms with E-state index >= 15 is 0 Å². The van der Waals surface area contributed by atoms with Gasteiger partial charge in [0.1, 0.15) is 0 Å². The minimum absolute atomic E-state index is 0.485. The molecular formula is C12H15N5. The Morgan fingerprint density at radius 1 is 1.29 bits per heavy atom. The number of hydrogen-bond acceptors (Lipinski definition) is 4. The van der Waals surface area contributed by atoms with Crippen LogP contribution in [0.1, 0.15) is 29.3 Å². The van der Waals surface area contributed by atoms with Crippen LogP contribution in [0.2, 0.25) is 0 Å². The fourth-order valence-electron chi connectivity index (χ4n) is 2.45. The number of aromatic amines is 1. The molecular weight excluding hydrogens is 214 g/mol. The number of H-pyrrole nitrogens is 1. The van der Waals surface area contributed by atoms with Crippen molar-refractivity contribution in [3.63, 3.8) is 0 Å². The van der Waals surface area contributed by atoms with E-state index in [0.717, 1.165) is 31.8 Å². The fourth-order valence-corrected chi connectivity index (χ4v) is 2.45. The number of tetrazole rings is 1. The molecule has 0 saturated heterocycles. The normalized spacial score (nSPS) is 19.6. The van der Waals surface area contributed by atoms with Crippen molar-refractivity contribution in [3.8, 4) is 0 Å². The molecule has 1 aliphatic heterocycles. The van der Waals surface area contributed by atoms with Crippen LogP contribution in [0.15, 0.2) is 24.3 Å². The predicted molar refractivity (Wildman–Crippen MR) is 63.4 cm³/mol. The van der Waals surface area contributed by atoms with Gasteiger partial charge in [0.2, 0.25) is 0 Å². The number of hydrogen-bond donors (Lipinski definition) is 2. The van der Waals surface area contributed by atoms with Crippen LogP contribution in [0, 0.1) is 0 Å². The molecule has 0 fully saturated rings. The van der Waals surface area contributed by atoms with Crippen LogP contribution in [0.25, 0.3) is 0 Å². The topological polar surface area (TPSA) is 66.5 Å². The maximum absolute atomic E-state index is 4.05. The molecule has 5 heteroatoms. The Kier molecular flexibility index (Phi) is 2.83. The number of benzene rings is 1. The lowest BCUT2D eigenvalue weighted by atomic mass is 9.90. The lowest BCUT2D eigenvalue weighted by molar-refractivity contribution is 0.584. The van der Waals surface area contributed by atoms with Gasteiger partial charge >= 0.3 is 0 Å². The van der Waals surface area contributed by atoms with Crippen molar-refractivity contribution < 1.29 is 0 Å². The van der Waals surface area contributed by atoms with Gasteiger partial charge in [-0.05, 0) is 30.0 Å². The molecule has 0 radical (unpaired) electrons. The van der Waals surface area contributed by atoms with Gasteiger partial charge in [-0.1, -0.05) is 29.5 Å². The Bertz CT molecular complexity index is 479. The first kappa shape index (κ1) is 10.4. The van der Waals surface area contributed by atoms with Crippen molar-refractivity contribution in [2.45, 2.75) is 25.3 Å². The van der Waals surface area contributed by atoms with E-state index in [1.165, 1.54) is 11.1 Å². The van der Waals surface area contributed by atoms with E-state index < -0.39 is 0 Å². The highest BCUT2D eigenvalue weighted by atomic mass is 15.5.